The number of rotatable bonds is 7. The Hall–Kier alpha value is -3.15. The van der Waals surface area contributed by atoms with Crippen LogP contribution in [0.15, 0.2) is 48.5 Å². The molecule has 0 fully saturated rings. The molecule has 1 heterocycles. The van der Waals surface area contributed by atoms with E-state index in [1.54, 1.807) is 54.3 Å². The molecule has 1 aliphatic rings. The zero-order valence-corrected chi connectivity index (χ0v) is 21.1. The number of amides is 3. The molecule has 2 aromatic rings. The average Bonchev–Trinajstić information content (AvgIpc) is 2.81. The van der Waals surface area contributed by atoms with Gasteiger partial charge in [-0.25, -0.2) is 17.5 Å². The summed E-state index contributed by atoms with van der Waals surface area (Å²) in [6.07, 6.45) is 0.481. The molecule has 0 spiro atoms. The second kappa shape index (κ2) is 11.1. The van der Waals surface area contributed by atoms with Crippen LogP contribution < -0.4 is 15.4 Å². The second-order valence-electron chi connectivity index (χ2n) is 8.79. The van der Waals surface area contributed by atoms with Gasteiger partial charge in [-0.2, -0.15) is 0 Å². The van der Waals surface area contributed by atoms with Gasteiger partial charge in [-0.05, 0) is 31.2 Å². The van der Waals surface area contributed by atoms with Crippen molar-refractivity contribution < 1.29 is 27.9 Å². The number of urea groups is 1. The number of nitrogens with one attached hydrogen (secondary N) is 2. The number of para-hydroxylation sites is 2. The maximum atomic E-state index is 13.5. The highest BCUT2D eigenvalue weighted by molar-refractivity contribution is 7.88. The monoisotopic (exact) mass is 504 g/mol. The quantitative estimate of drug-likeness (QED) is 0.531. The predicted molar refractivity (Wildman–Crippen MR) is 134 cm³/mol. The van der Waals surface area contributed by atoms with E-state index in [9.17, 15) is 23.1 Å². The Labute approximate surface area is 205 Å². The lowest BCUT2D eigenvalue weighted by Crippen LogP contribution is -2.50. The molecule has 0 bridgehead atoms. The Morgan fingerprint density at radius 1 is 1.20 bits per heavy atom. The molecular formula is C24H32N4O6S. The normalized spacial score (nSPS) is 19.3. The zero-order valence-electron chi connectivity index (χ0n) is 20.3. The number of anilines is 2. The molecule has 3 N–H and O–H groups in total. The second-order valence-corrected chi connectivity index (χ2v) is 10.9. The molecule has 0 aliphatic carbocycles. The van der Waals surface area contributed by atoms with Gasteiger partial charge in [0.15, 0.2) is 5.75 Å². The van der Waals surface area contributed by atoms with E-state index in [1.807, 2.05) is 13.0 Å². The van der Waals surface area contributed by atoms with Crippen molar-refractivity contribution in [1.82, 2.24) is 9.21 Å². The maximum absolute atomic E-state index is 13.5. The number of carbonyl (C=O) groups excluding carboxylic acids is 2. The van der Waals surface area contributed by atoms with Crippen LogP contribution in [0.25, 0.3) is 0 Å². The first kappa shape index (κ1) is 26.5. The van der Waals surface area contributed by atoms with Crippen molar-refractivity contribution in [3.63, 3.8) is 0 Å². The first-order valence-corrected chi connectivity index (χ1v) is 13.1. The van der Waals surface area contributed by atoms with Crippen LogP contribution in [0, 0.1) is 5.92 Å². The first-order valence-electron chi connectivity index (χ1n) is 11.3. The van der Waals surface area contributed by atoms with Crippen LogP contribution >= 0.6 is 0 Å². The van der Waals surface area contributed by atoms with Crippen molar-refractivity contribution in [1.29, 1.82) is 0 Å². The Morgan fingerprint density at radius 3 is 2.51 bits per heavy atom. The van der Waals surface area contributed by atoms with Crippen LogP contribution in [-0.2, 0) is 10.0 Å². The minimum Gasteiger partial charge on any atom is -0.486 e. The summed E-state index contributed by atoms with van der Waals surface area (Å²) in [4.78, 5) is 27.7. The summed E-state index contributed by atoms with van der Waals surface area (Å²) < 4.78 is 31.6. The number of aliphatic hydroxyl groups excluding tert-OH is 1. The highest BCUT2D eigenvalue weighted by Crippen LogP contribution is 2.35. The van der Waals surface area contributed by atoms with Gasteiger partial charge in [0.1, 0.15) is 6.10 Å². The number of hydrogen-bond donors (Lipinski definition) is 3. The third kappa shape index (κ3) is 6.50. The van der Waals surface area contributed by atoms with Crippen molar-refractivity contribution in [2.24, 2.45) is 5.92 Å². The van der Waals surface area contributed by atoms with Crippen LogP contribution in [0.5, 0.6) is 5.75 Å². The first-order chi connectivity index (χ1) is 16.5. The summed E-state index contributed by atoms with van der Waals surface area (Å²) in [6, 6.07) is 12.7. The van der Waals surface area contributed by atoms with Crippen LogP contribution in [0.1, 0.15) is 24.2 Å². The fourth-order valence-corrected chi connectivity index (χ4v) is 4.17. The summed E-state index contributed by atoms with van der Waals surface area (Å²) in [7, 11) is -2.02. The van der Waals surface area contributed by atoms with Gasteiger partial charge in [0.25, 0.3) is 5.91 Å². The van der Waals surface area contributed by atoms with Crippen molar-refractivity contribution in [3.8, 4) is 5.75 Å². The summed E-state index contributed by atoms with van der Waals surface area (Å²) in [5.41, 5.74) is 1.06. The fourth-order valence-electron chi connectivity index (χ4n) is 3.75. The number of sulfonamides is 1. The molecule has 0 saturated carbocycles. The molecular weight excluding hydrogens is 472 g/mol. The lowest BCUT2D eigenvalue weighted by molar-refractivity contribution is 0.0389. The number of fused-ring (bicyclic) bond motifs is 1. The third-order valence-electron chi connectivity index (χ3n) is 5.97. The Kier molecular flexibility index (Phi) is 8.36. The lowest BCUT2D eigenvalue weighted by atomic mass is 9.99. The minimum absolute atomic E-state index is 0.0412. The van der Waals surface area contributed by atoms with E-state index in [0.29, 0.717) is 5.69 Å². The van der Waals surface area contributed by atoms with E-state index in [1.165, 1.54) is 11.4 Å². The van der Waals surface area contributed by atoms with Crippen LogP contribution in [0.2, 0.25) is 0 Å². The van der Waals surface area contributed by atoms with Crippen LogP contribution in [0.4, 0.5) is 16.2 Å². The topological polar surface area (TPSA) is 128 Å². The predicted octanol–water partition coefficient (Wildman–Crippen LogP) is 2.44. The van der Waals surface area contributed by atoms with E-state index < -0.39 is 28.2 Å². The van der Waals surface area contributed by atoms with Gasteiger partial charge in [0.05, 0.1) is 36.7 Å². The molecule has 3 rings (SSSR count). The van der Waals surface area contributed by atoms with Gasteiger partial charge >= 0.3 is 6.03 Å². The number of likely N-dealkylation sites (N-methyl/N-ethyl adjacent to an activating group) is 1. The Morgan fingerprint density at radius 2 is 1.89 bits per heavy atom. The summed E-state index contributed by atoms with van der Waals surface area (Å²) >= 11 is 0. The third-order valence-corrected chi connectivity index (χ3v) is 7.26. The summed E-state index contributed by atoms with van der Waals surface area (Å²) in [5.74, 6) is -0.485. The Bertz CT molecular complexity index is 1160. The molecule has 10 nitrogen and oxygen atoms in total. The van der Waals surface area contributed by atoms with Gasteiger partial charge < -0.3 is 25.4 Å². The van der Waals surface area contributed by atoms with Crippen molar-refractivity contribution in [2.75, 3.05) is 43.6 Å². The molecule has 1 aliphatic heterocycles. The lowest BCUT2D eigenvalue weighted by Gasteiger charge is -2.38. The number of benzene rings is 2. The van der Waals surface area contributed by atoms with E-state index in [-0.39, 0.29) is 48.5 Å². The molecule has 35 heavy (non-hydrogen) atoms. The largest absolute Gasteiger partial charge is 0.486 e. The molecule has 0 unspecified atom stereocenters. The van der Waals surface area contributed by atoms with Gasteiger partial charge in [0.2, 0.25) is 10.0 Å². The summed E-state index contributed by atoms with van der Waals surface area (Å²) in [6.45, 7) is 3.65. The molecule has 190 valence electrons. The number of hydrogen-bond acceptors (Lipinski definition) is 6. The molecule has 11 heteroatoms. The SMILES string of the molecule is C[C@@H]1CN([C@H](C)CO)C(=O)c2cccc(NC(=O)Nc3ccccc3)c2O[C@H]1CN(C)S(C)(=O)=O. The van der Waals surface area contributed by atoms with Crippen molar-refractivity contribution in [2.45, 2.75) is 26.0 Å². The number of nitrogens with zero attached hydrogens (tertiary/aromatic N) is 2. The Balaban J connectivity index is 2.00. The number of carbonyl (C=O) groups is 2. The van der Waals surface area contributed by atoms with Gasteiger partial charge in [-0.15, -0.1) is 0 Å². The van der Waals surface area contributed by atoms with Crippen molar-refractivity contribution in [3.05, 3.63) is 54.1 Å². The van der Waals surface area contributed by atoms with Crippen LogP contribution in [-0.4, -0.2) is 79.8 Å². The van der Waals surface area contributed by atoms with Crippen LogP contribution in [0.3, 0.4) is 0 Å². The van der Waals surface area contributed by atoms with Gasteiger partial charge in [-0.1, -0.05) is 31.2 Å². The molecule has 0 saturated heterocycles. The standard InChI is InChI=1S/C24H32N4O6S/c1-16-13-28(17(2)15-29)23(30)19-11-8-12-20(26-24(31)25-18-9-6-5-7-10-18)22(19)34-21(16)14-27(3)35(4,32)33/h5-12,16-17,21,29H,13-15H2,1-4H3,(H2,25,26,31)/t16-,17-,21+/m1/s1. The highest BCUT2D eigenvalue weighted by atomic mass is 32.2. The average molecular weight is 505 g/mol. The molecule has 0 aromatic heterocycles. The number of ether oxygens (including phenoxy) is 1. The molecule has 3 amide bonds. The fraction of sp³-hybridized carbons (Fsp3) is 0.417. The minimum atomic E-state index is -3.48. The zero-order chi connectivity index (χ0) is 25.8. The van der Waals surface area contributed by atoms with E-state index >= 15 is 0 Å². The maximum Gasteiger partial charge on any atom is 0.323 e. The van der Waals surface area contributed by atoms with Gasteiger partial charge in [0, 0.05) is 25.2 Å². The van der Waals surface area contributed by atoms with Gasteiger partial charge in [-0.3, -0.25) is 4.79 Å². The molecule has 0 radical (unpaired) electrons. The summed E-state index contributed by atoms with van der Waals surface area (Å²) in [5, 5.41) is 15.2. The van der Waals surface area contributed by atoms with E-state index in [0.717, 1.165) is 6.26 Å². The van der Waals surface area contributed by atoms with E-state index in [4.69, 9.17) is 4.74 Å². The van der Waals surface area contributed by atoms with Crippen molar-refractivity contribution >= 4 is 33.3 Å². The molecule has 2 aromatic carbocycles. The molecule has 3 atom stereocenters. The van der Waals surface area contributed by atoms with E-state index in [2.05, 4.69) is 10.6 Å². The highest BCUT2D eigenvalue weighted by Gasteiger charge is 2.35. The number of aliphatic hydroxyl groups is 1. The smallest absolute Gasteiger partial charge is 0.323 e.